The Labute approximate surface area is 159 Å². The smallest absolute Gasteiger partial charge is 0.306 e. The van der Waals surface area contributed by atoms with Gasteiger partial charge >= 0.3 is 5.97 Å². The van der Waals surface area contributed by atoms with Crippen LogP contribution in [-0.2, 0) is 20.8 Å². The van der Waals surface area contributed by atoms with Gasteiger partial charge in [-0.05, 0) is 37.7 Å². The van der Waals surface area contributed by atoms with E-state index in [4.69, 9.17) is 0 Å². The van der Waals surface area contributed by atoms with Gasteiger partial charge in [-0.25, -0.2) is 0 Å². The van der Waals surface area contributed by atoms with Crippen molar-refractivity contribution in [3.63, 3.8) is 0 Å². The van der Waals surface area contributed by atoms with Crippen molar-refractivity contribution >= 4 is 17.8 Å². The Bertz CT molecular complexity index is 670. The monoisotopic (exact) mass is 372 g/mol. The van der Waals surface area contributed by atoms with Gasteiger partial charge in [0.1, 0.15) is 6.04 Å². The second-order valence-electron chi connectivity index (χ2n) is 7.68. The van der Waals surface area contributed by atoms with E-state index >= 15 is 0 Å². The van der Waals surface area contributed by atoms with Gasteiger partial charge in [-0.15, -0.1) is 0 Å². The lowest BCUT2D eigenvalue weighted by Crippen LogP contribution is -2.51. The van der Waals surface area contributed by atoms with Crippen LogP contribution in [0.2, 0.25) is 0 Å². The molecule has 6 nitrogen and oxygen atoms in total. The Hall–Kier alpha value is -2.37. The molecule has 1 aromatic rings. The first-order valence-corrected chi connectivity index (χ1v) is 9.90. The van der Waals surface area contributed by atoms with Crippen molar-refractivity contribution in [2.45, 2.75) is 51.0 Å². The van der Waals surface area contributed by atoms with E-state index in [1.54, 1.807) is 0 Å². The highest BCUT2D eigenvalue weighted by Gasteiger charge is 2.34. The lowest BCUT2D eigenvalue weighted by Gasteiger charge is -2.29. The SMILES string of the molecule is O=C(O)C1CCCC(C(=O)NC(Cc2ccccc2)C(=O)N2CCCC2)C1. The van der Waals surface area contributed by atoms with E-state index in [2.05, 4.69) is 5.32 Å². The summed E-state index contributed by atoms with van der Waals surface area (Å²) in [7, 11) is 0. The van der Waals surface area contributed by atoms with Crippen molar-refractivity contribution in [3.05, 3.63) is 35.9 Å². The molecule has 6 heteroatoms. The zero-order chi connectivity index (χ0) is 19.2. The zero-order valence-corrected chi connectivity index (χ0v) is 15.6. The Morgan fingerprint density at radius 3 is 2.37 bits per heavy atom. The van der Waals surface area contributed by atoms with Gasteiger partial charge < -0.3 is 15.3 Å². The molecule has 2 aliphatic rings. The fourth-order valence-electron chi connectivity index (χ4n) is 4.15. The van der Waals surface area contributed by atoms with Crippen LogP contribution in [0.4, 0.5) is 0 Å². The molecule has 0 spiro atoms. The number of carboxylic acids is 1. The Balaban J connectivity index is 1.69. The number of likely N-dealkylation sites (tertiary alicyclic amines) is 1. The Kier molecular flexibility index (Phi) is 6.48. The highest BCUT2D eigenvalue weighted by molar-refractivity contribution is 5.89. The first-order chi connectivity index (χ1) is 13.0. The van der Waals surface area contributed by atoms with E-state index in [1.165, 1.54) is 0 Å². The summed E-state index contributed by atoms with van der Waals surface area (Å²) in [6, 6.07) is 9.09. The molecule has 3 rings (SSSR count). The highest BCUT2D eigenvalue weighted by atomic mass is 16.4. The summed E-state index contributed by atoms with van der Waals surface area (Å²) in [5, 5.41) is 12.2. The lowest BCUT2D eigenvalue weighted by molar-refractivity contribution is -0.144. The number of hydrogen-bond acceptors (Lipinski definition) is 3. The number of hydrogen-bond donors (Lipinski definition) is 2. The van der Waals surface area contributed by atoms with Crippen LogP contribution in [0.1, 0.15) is 44.1 Å². The highest BCUT2D eigenvalue weighted by Crippen LogP contribution is 2.29. The van der Waals surface area contributed by atoms with Crippen molar-refractivity contribution < 1.29 is 19.5 Å². The first kappa shape index (κ1) is 19.4. The van der Waals surface area contributed by atoms with E-state index < -0.39 is 17.9 Å². The summed E-state index contributed by atoms with van der Waals surface area (Å²) < 4.78 is 0. The fourth-order valence-corrected chi connectivity index (χ4v) is 4.15. The number of carbonyl (C=O) groups is 3. The summed E-state index contributed by atoms with van der Waals surface area (Å²) in [5.74, 6) is -1.84. The molecule has 1 saturated heterocycles. The summed E-state index contributed by atoms with van der Waals surface area (Å²) in [4.78, 5) is 38.9. The summed E-state index contributed by atoms with van der Waals surface area (Å²) >= 11 is 0. The topological polar surface area (TPSA) is 86.7 Å². The van der Waals surface area contributed by atoms with Crippen LogP contribution in [0.3, 0.4) is 0 Å². The van der Waals surface area contributed by atoms with E-state index in [9.17, 15) is 19.5 Å². The minimum absolute atomic E-state index is 0.0321. The number of amides is 2. The van der Waals surface area contributed by atoms with Gasteiger partial charge in [-0.3, -0.25) is 14.4 Å². The zero-order valence-electron chi connectivity index (χ0n) is 15.6. The van der Waals surface area contributed by atoms with Gasteiger partial charge in [-0.1, -0.05) is 36.8 Å². The molecule has 1 heterocycles. The standard InChI is InChI=1S/C21H28N2O4/c24-19(16-9-6-10-17(14-16)21(26)27)22-18(13-15-7-2-1-3-8-15)20(25)23-11-4-5-12-23/h1-3,7-8,16-18H,4-6,9-14H2,(H,22,24)(H,26,27). The van der Waals surface area contributed by atoms with E-state index in [1.807, 2.05) is 35.2 Å². The summed E-state index contributed by atoms with van der Waals surface area (Å²) in [6.07, 6.45) is 4.86. The van der Waals surface area contributed by atoms with Crippen LogP contribution in [0.15, 0.2) is 30.3 Å². The molecule has 27 heavy (non-hydrogen) atoms. The summed E-state index contributed by atoms with van der Waals surface area (Å²) in [6.45, 7) is 1.48. The molecule has 1 aliphatic heterocycles. The first-order valence-electron chi connectivity index (χ1n) is 9.90. The number of benzene rings is 1. The molecule has 0 aromatic heterocycles. The van der Waals surface area contributed by atoms with Gasteiger partial charge in [0, 0.05) is 25.4 Å². The molecular formula is C21H28N2O4. The molecule has 1 saturated carbocycles. The molecular weight excluding hydrogens is 344 g/mol. The maximum Gasteiger partial charge on any atom is 0.306 e. The third-order valence-corrected chi connectivity index (χ3v) is 5.71. The predicted molar refractivity (Wildman–Crippen MR) is 101 cm³/mol. The quantitative estimate of drug-likeness (QED) is 0.802. The number of carbonyl (C=O) groups excluding carboxylic acids is 2. The number of carboxylic acid groups (broad SMARTS) is 1. The maximum absolute atomic E-state index is 13.0. The average Bonchev–Trinajstić information content (AvgIpc) is 3.22. The van der Waals surface area contributed by atoms with E-state index in [0.717, 1.165) is 37.9 Å². The fraction of sp³-hybridized carbons (Fsp3) is 0.571. The molecule has 3 unspecified atom stereocenters. The molecule has 146 valence electrons. The molecule has 1 aliphatic carbocycles. The third kappa shape index (κ3) is 5.08. The van der Waals surface area contributed by atoms with Gasteiger partial charge in [0.05, 0.1) is 5.92 Å². The second-order valence-corrected chi connectivity index (χ2v) is 7.68. The Morgan fingerprint density at radius 2 is 1.70 bits per heavy atom. The normalized spacial score (nSPS) is 23.6. The summed E-state index contributed by atoms with van der Waals surface area (Å²) in [5.41, 5.74) is 1.00. The number of aliphatic carboxylic acids is 1. The van der Waals surface area contributed by atoms with Crippen LogP contribution >= 0.6 is 0 Å². The second kappa shape index (κ2) is 9.02. The predicted octanol–water partition coefficient (Wildman–Crippen LogP) is 2.23. The number of nitrogens with zero attached hydrogens (tertiary/aromatic N) is 1. The van der Waals surface area contributed by atoms with Crippen molar-refractivity contribution in [3.8, 4) is 0 Å². The molecule has 2 N–H and O–H groups in total. The van der Waals surface area contributed by atoms with Crippen molar-refractivity contribution in [1.82, 2.24) is 10.2 Å². The van der Waals surface area contributed by atoms with Crippen molar-refractivity contribution in [2.24, 2.45) is 11.8 Å². The van der Waals surface area contributed by atoms with Crippen LogP contribution in [-0.4, -0.2) is 46.9 Å². The van der Waals surface area contributed by atoms with Crippen LogP contribution < -0.4 is 5.32 Å². The van der Waals surface area contributed by atoms with Crippen LogP contribution in [0.25, 0.3) is 0 Å². The van der Waals surface area contributed by atoms with E-state index in [0.29, 0.717) is 25.7 Å². The molecule has 0 bridgehead atoms. The average molecular weight is 372 g/mol. The van der Waals surface area contributed by atoms with Crippen LogP contribution in [0.5, 0.6) is 0 Å². The number of rotatable bonds is 6. The van der Waals surface area contributed by atoms with Gasteiger partial charge in [0.2, 0.25) is 11.8 Å². The number of nitrogens with one attached hydrogen (secondary N) is 1. The van der Waals surface area contributed by atoms with E-state index in [-0.39, 0.29) is 17.7 Å². The Morgan fingerprint density at radius 1 is 1.04 bits per heavy atom. The van der Waals surface area contributed by atoms with Gasteiger partial charge in [0.25, 0.3) is 0 Å². The van der Waals surface area contributed by atoms with Gasteiger partial charge in [0.15, 0.2) is 0 Å². The minimum Gasteiger partial charge on any atom is -0.481 e. The molecule has 3 atom stereocenters. The van der Waals surface area contributed by atoms with Crippen molar-refractivity contribution in [1.29, 1.82) is 0 Å². The molecule has 2 fully saturated rings. The molecule has 2 amide bonds. The third-order valence-electron chi connectivity index (χ3n) is 5.71. The largest absolute Gasteiger partial charge is 0.481 e. The lowest BCUT2D eigenvalue weighted by atomic mass is 9.81. The molecule has 1 aromatic carbocycles. The van der Waals surface area contributed by atoms with Crippen molar-refractivity contribution in [2.75, 3.05) is 13.1 Å². The minimum atomic E-state index is -0.832. The van der Waals surface area contributed by atoms with Gasteiger partial charge in [-0.2, -0.15) is 0 Å². The molecule has 0 radical (unpaired) electrons. The maximum atomic E-state index is 13.0. The van der Waals surface area contributed by atoms with Crippen LogP contribution in [0, 0.1) is 11.8 Å².